The van der Waals surface area contributed by atoms with Crippen LogP contribution in [0.1, 0.15) is 27.6 Å². The summed E-state index contributed by atoms with van der Waals surface area (Å²) in [7, 11) is 0. The fourth-order valence-corrected chi connectivity index (χ4v) is 2.84. The molecule has 2 aromatic heterocycles. The maximum atomic E-state index is 13.1. The van der Waals surface area contributed by atoms with E-state index in [4.69, 9.17) is 0 Å². The molecule has 152 valence electrons. The summed E-state index contributed by atoms with van der Waals surface area (Å²) in [6.45, 7) is 1.15. The second-order valence-corrected chi connectivity index (χ2v) is 6.35. The lowest BCUT2D eigenvalue weighted by Gasteiger charge is -2.22. The molecule has 0 spiro atoms. The second-order valence-electron chi connectivity index (χ2n) is 6.35. The van der Waals surface area contributed by atoms with Crippen molar-refractivity contribution in [2.24, 2.45) is 0 Å². The number of amides is 1. The van der Waals surface area contributed by atoms with Crippen LogP contribution in [0.4, 0.5) is 18.9 Å². The van der Waals surface area contributed by atoms with Crippen molar-refractivity contribution >= 4 is 17.4 Å². The van der Waals surface area contributed by atoms with Gasteiger partial charge in [-0.05, 0) is 19.9 Å². The van der Waals surface area contributed by atoms with E-state index in [-0.39, 0.29) is 17.0 Å². The minimum Gasteiger partial charge on any atom is -0.322 e. The van der Waals surface area contributed by atoms with Crippen LogP contribution in [0.2, 0.25) is 0 Å². The van der Waals surface area contributed by atoms with Gasteiger partial charge < -0.3 is 4.90 Å². The molecule has 0 radical (unpaired) electrons. The van der Waals surface area contributed by atoms with Crippen LogP contribution in [0, 0.1) is 24.0 Å². The number of carbonyl (C=O) groups excluding carboxylic acids is 1. The van der Waals surface area contributed by atoms with Gasteiger partial charge in [0, 0.05) is 23.0 Å². The van der Waals surface area contributed by atoms with E-state index in [9.17, 15) is 28.1 Å². The average molecular weight is 408 g/mol. The zero-order chi connectivity index (χ0) is 21.3. The third kappa shape index (κ3) is 4.47. The number of hydrogen-bond acceptors (Lipinski definition) is 6. The molecule has 0 saturated carbocycles. The summed E-state index contributed by atoms with van der Waals surface area (Å²) in [4.78, 5) is 31.7. The smallest absolute Gasteiger partial charge is 0.322 e. The summed E-state index contributed by atoms with van der Waals surface area (Å²) in [5, 5.41) is 15.1. The van der Waals surface area contributed by atoms with E-state index in [0.717, 1.165) is 6.07 Å². The Balaban J connectivity index is 2.00. The SMILES string of the molecule is Cc1cc(C)n2nc(C(=O)N(Cc3ccccc3[N+](=O)[O-])CC(F)(F)F)nc2n1. The van der Waals surface area contributed by atoms with Gasteiger partial charge in [0.05, 0.1) is 11.5 Å². The summed E-state index contributed by atoms with van der Waals surface area (Å²) in [5.74, 6) is -1.51. The minimum absolute atomic E-state index is 0.0379. The highest BCUT2D eigenvalue weighted by molar-refractivity contribution is 5.91. The molecule has 0 saturated heterocycles. The molecule has 1 amide bonds. The summed E-state index contributed by atoms with van der Waals surface area (Å²) >= 11 is 0. The van der Waals surface area contributed by atoms with Crippen molar-refractivity contribution in [2.75, 3.05) is 6.54 Å². The van der Waals surface area contributed by atoms with Gasteiger partial charge in [0.15, 0.2) is 0 Å². The fraction of sp³-hybridized carbons (Fsp3) is 0.294. The van der Waals surface area contributed by atoms with Crippen LogP contribution < -0.4 is 0 Å². The van der Waals surface area contributed by atoms with E-state index in [1.165, 1.54) is 22.7 Å². The van der Waals surface area contributed by atoms with Gasteiger partial charge in [0.2, 0.25) is 5.82 Å². The van der Waals surface area contributed by atoms with Gasteiger partial charge in [-0.1, -0.05) is 18.2 Å². The van der Waals surface area contributed by atoms with Crippen molar-refractivity contribution in [3.8, 4) is 0 Å². The van der Waals surface area contributed by atoms with Gasteiger partial charge in [0.25, 0.3) is 17.4 Å². The van der Waals surface area contributed by atoms with Crippen LogP contribution in [0.15, 0.2) is 30.3 Å². The van der Waals surface area contributed by atoms with E-state index in [1.807, 2.05) is 0 Å². The Morgan fingerprint density at radius 1 is 1.24 bits per heavy atom. The molecule has 3 rings (SSSR count). The Hall–Kier alpha value is -3.57. The monoisotopic (exact) mass is 408 g/mol. The van der Waals surface area contributed by atoms with E-state index in [0.29, 0.717) is 16.3 Å². The van der Waals surface area contributed by atoms with Crippen LogP contribution >= 0.6 is 0 Å². The molecule has 0 fully saturated rings. The first-order chi connectivity index (χ1) is 13.5. The lowest BCUT2D eigenvalue weighted by Crippen LogP contribution is -2.39. The van der Waals surface area contributed by atoms with Crippen molar-refractivity contribution in [1.29, 1.82) is 0 Å². The summed E-state index contributed by atoms with van der Waals surface area (Å²) in [6.07, 6.45) is -4.72. The minimum atomic E-state index is -4.72. The molecule has 2 heterocycles. The van der Waals surface area contributed by atoms with Crippen LogP contribution in [0.3, 0.4) is 0 Å². The average Bonchev–Trinajstić information content (AvgIpc) is 3.04. The number of halogens is 3. The quantitative estimate of drug-likeness (QED) is 0.475. The van der Waals surface area contributed by atoms with Gasteiger partial charge in [-0.25, -0.2) is 9.50 Å². The first-order valence-electron chi connectivity index (χ1n) is 8.34. The number of nitro benzene ring substituents is 1. The number of benzene rings is 1. The van der Waals surface area contributed by atoms with Crippen LogP contribution in [-0.2, 0) is 6.54 Å². The molecule has 0 unspecified atom stereocenters. The number of fused-ring (bicyclic) bond motifs is 1. The predicted molar refractivity (Wildman–Crippen MR) is 94.1 cm³/mol. The predicted octanol–water partition coefficient (Wildman–Crippen LogP) is 2.85. The van der Waals surface area contributed by atoms with Gasteiger partial charge in [-0.15, -0.1) is 5.10 Å². The summed E-state index contributed by atoms with van der Waals surface area (Å²) in [6, 6.07) is 6.96. The highest BCUT2D eigenvalue weighted by atomic mass is 19.4. The Kier molecular flexibility index (Phi) is 5.18. The van der Waals surface area contributed by atoms with E-state index < -0.39 is 35.9 Å². The third-order valence-corrected chi connectivity index (χ3v) is 4.02. The van der Waals surface area contributed by atoms with Gasteiger partial charge in [-0.3, -0.25) is 14.9 Å². The number of aryl methyl sites for hydroxylation is 2. The zero-order valence-electron chi connectivity index (χ0n) is 15.3. The molecule has 0 aliphatic heterocycles. The first-order valence-corrected chi connectivity index (χ1v) is 8.34. The number of carbonyl (C=O) groups is 1. The molecule has 9 nitrogen and oxygen atoms in total. The van der Waals surface area contributed by atoms with Crippen LogP contribution in [0.5, 0.6) is 0 Å². The third-order valence-electron chi connectivity index (χ3n) is 4.02. The molecule has 0 N–H and O–H groups in total. The van der Waals surface area contributed by atoms with Gasteiger partial charge in [0.1, 0.15) is 6.54 Å². The molecule has 0 bridgehead atoms. The Labute approximate surface area is 161 Å². The van der Waals surface area contributed by atoms with E-state index in [2.05, 4.69) is 15.1 Å². The zero-order valence-corrected chi connectivity index (χ0v) is 15.3. The van der Waals surface area contributed by atoms with Crippen molar-refractivity contribution in [3.63, 3.8) is 0 Å². The molecule has 3 aromatic rings. The number of aromatic nitrogens is 4. The van der Waals surface area contributed by atoms with Crippen molar-refractivity contribution < 1.29 is 22.9 Å². The maximum Gasteiger partial charge on any atom is 0.406 e. The number of rotatable bonds is 5. The van der Waals surface area contributed by atoms with Crippen molar-refractivity contribution in [3.05, 3.63) is 63.2 Å². The maximum absolute atomic E-state index is 13.1. The highest BCUT2D eigenvalue weighted by Gasteiger charge is 2.35. The Morgan fingerprint density at radius 3 is 2.59 bits per heavy atom. The second kappa shape index (κ2) is 7.45. The number of hydrogen-bond donors (Lipinski definition) is 0. The first kappa shape index (κ1) is 20.2. The largest absolute Gasteiger partial charge is 0.406 e. The van der Waals surface area contributed by atoms with Crippen LogP contribution in [-0.4, -0.2) is 48.0 Å². The lowest BCUT2D eigenvalue weighted by atomic mass is 10.1. The fourth-order valence-electron chi connectivity index (χ4n) is 2.84. The standard InChI is InChI=1S/C17H15F3N6O3/c1-10-7-11(2)25-16(21-10)22-14(23-25)15(27)24(9-17(18,19)20)8-12-5-3-4-6-13(12)26(28)29/h3-7H,8-9H2,1-2H3. The highest BCUT2D eigenvalue weighted by Crippen LogP contribution is 2.24. The number of nitrogens with zero attached hydrogens (tertiary/aromatic N) is 6. The van der Waals surface area contributed by atoms with Gasteiger partial charge >= 0.3 is 6.18 Å². The Morgan fingerprint density at radius 2 is 1.93 bits per heavy atom. The molecule has 0 aliphatic carbocycles. The summed E-state index contributed by atoms with van der Waals surface area (Å²) < 4.78 is 40.5. The normalized spacial score (nSPS) is 11.6. The number of alkyl halides is 3. The molecular formula is C17H15F3N6O3. The topological polar surface area (TPSA) is 107 Å². The molecule has 0 aliphatic rings. The lowest BCUT2D eigenvalue weighted by molar-refractivity contribution is -0.385. The number of para-hydroxylation sites is 1. The van der Waals surface area contributed by atoms with E-state index >= 15 is 0 Å². The molecule has 12 heteroatoms. The van der Waals surface area contributed by atoms with Gasteiger partial charge in [-0.2, -0.15) is 18.2 Å². The van der Waals surface area contributed by atoms with Crippen LogP contribution in [0.25, 0.3) is 5.78 Å². The molecule has 1 aromatic carbocycles. The molecule has 29 heavy (non-hydrogen) atoms. The summed E-state index contributed by atoms with van der Waals surface area (Å²) in [5.41, 5.74) is 0.779. The number of nitro groups is 1. The van der Waals surface area contributed by atoms with Crippen molar-refractivity contribution in [2.45, 2.75) is 26.6 Å². The Bertz CT molecular complexity index is 1100. The van der Waals surface area contributed by atoms with Crippen molar-refractivity contribution in [1.82, 2.24) is 24.5 Å². The van der Waals surface area contributed by atoms with E-state index in [1.54, 1.807) is 19.9 Å². The molecular weight excluding hydrogens is 393 g/mol. The molecule has 0 atom stereocenters.